The van der Waals surface area contributed by atoms with Crippen LogP contribution in [-0.2, 0) is 22.8 Å². The van der Waals surface area contributed by atoms with Crippen molar-refractivity contribution in [3.63, 3.8) is 0 Å². The van der Waals surface area contributed by atoms with Gasteiger partial charge in [-0.05, 0) is 59.9 Å². The standard InChI is InChI=1S/C30H41F3N4O.CH4/c1-22(20-35-12-14-36(15-13-35)27-9-7-25(8-10-27)29(2,3)4)28(38)37-11-5-6-23(21-37)16-24-17-26(19-34-18-24)30(31,32)33;/h7-10,17-19,22-23H,5-6,11-16,20-21H2,1-4H3;1H4/t22?,23-;/m1./s1. The van der Waals surface area contributed by atoms with Gasteiger partial charge in [-0.15, -0.1) is 0 Å². The van der Waals surface area contributed by atoms with Gasteiger partial charge in [0.2, 0.25) is 5.91 Å². The van der Waals surface area contributed by atoms with Crippen molar-refractivity contribution in [3.8, 4) is 0 Å². The minimum Gasteiger partial charge on any atom is -0.369 e. The number of piperazine rings is 1. The van der Waals surface area contributed by atoms with E-state index in [9.17, 15) is 18.0 Å². The zero-order chi connectivity index (χ0) is 27.5. The Morgan fingerprint density at radius 2 is 1.67 bits per heavy atom. The summed E-state index contributed by atoms with van der Waals surface area (Å²) in [6.07, 6.45) is 0.278. The molecule has 0 saturated carbocycles. The number of anilines is 1. The number of carbonyl (C=O) groups excluding carboxylic acids is 1. The van der Waals surface area contributed by atoms with Gasteiger partial charge in [0.25, 0.3) is 0 Å². The van der Waals surface area contributed by atoms with Crippen LogP contribution in [0, 0.1) is 11.8 Å². The number of benzene rings is 1. The average molecular weight is 547 g/mol. The first-order valence-electron chi connectivity index (χ1n) is 13.8. The van der Waals surface area contributed by atoms with Crippen LogP contribution >= 0.6 is 0 Å². The first-order chi connectivity index (χ1) is 17.9. The van der Waals surface area contributed by atoms with Crippen molar-refractivity contribution < 1.29 is 18.0 Å². The van der Waals surface area contributed by atoms with Gasteiger partial charge in [0.1, 0.15) is 0 Å². The minimum atomic E-state index is -4.39. The number of likely N-dealkylation sites (tertiary alicyclic amines) is 1. The van der Waals surface area contributed by atoms with Crippen molar-refractivity contribution in [1.29, 1.82) is 0 Å². The zero-order valence-corrected chi connectivity index (χ0v) is 23.1. The van der Waals surface area contributed by atoms with E-state index in [1.165, 1.54) is 23.5 Å². The van der Waals surface area contributed by atoms with E-state index in [-0.39, 0.29) is 30.6 Å². The molecule has 2 aliphatic heterocycles. The molecule has 1 amide bonds. The molecule has 0 radical (unpaired) electrons. The van der Waals surface area contributed by atoms with E-state index in [1.54, 1.807) is 0 Å². The van der Waals surface area contributed by atoms with E-state index in [2.05, 4.69) is 59.8 Å². The molecular formula is C31H45F3N4O. The maximum absolute atomic E-state index is 13.3. The highest BCUT2D eigenvalue weighted by atomic mass is 19.4. The molecule has 216 valence electrons. The number of carbonyl (C=O) groups is 1. The quantitative estimate of drug-likeness (QED) is 0.428. The Morgan fingerprint density at radius 1 is 1.00 bits per heavy atom. The molecule has 2 fully saturated rings. The highest BCUT2D eigenvalue weighted by Gasteiger charge is 2.32. The molecule has 1 unspecified atom stereocenters. The lowest BCUT2D eigenvalue weighted by Gasteiger charge is -2.39. The van der Waals surface area contributed by atoms with E-state index in [4.69, 9.17) is 0 Å². The van der Waals surface area contributed by atoms with E-state index >= 15 is 0 Å². The lowest BCUT2D eigenvalue weighted by molar-refractivity contribution is -0.138. The van der Waals surface area contributed by atoms with Crippen molar-refractivity contribution in [2.75, 3.05) is 50.7 Å². The molecule has 0 spiro atoms. The van der Waals surface area contributed by atoms with Crippen molar-refractivity contribution in [3.05, 3.63) is 59.4 Å². The Morgan fingerprint density at radius 3 is 2.28 bits per heavy atom. The van der Waals surface area contributed by atoms with Crippen LogP contribution in [-0.4, -0.2) is 66.5 Å². The molecule has 1 aromatic heterocycles. The van der Waals surface area contributed by atoms with Crippen molar-refractivity contribution >= 4 is 11.6 Å². The summed E-state index contributed by atoms with van der Waals surface area (Å²) in [6, 6.07) is 10.1. The third-order valence-corrected chi connectivity index (χ3v) is 7.90. The fourth-order valence-corrected chi connectivity index (χ4v) is 5.66. The van der Waals surface area contributed by atoms with Gasteiger partial charge in [-0.25, -0.2) is 0 Å². The molecule has 0 N–H and O–H groups in total. The summed E-state index contributed by atoms with van der Waals surface area (Å²) in [5.74, 6) is 0.192. The summed E-state index contributed by atoms with van der Waals surface area (Å²) >= 11 is 0. The van der Waals surface area contributed by atoms with Gasteiger partial charge in [0, 0.05) is 69.8 Å². The lowest BCUT2D eigenvalue weighted by Crippen LogP contribution is -2.50. The predicted octanol–water partition coefficient (Wildman–Crippen LogP) is 6.27. The largest absolute Gasteiger partial charge is 0.417 e. The maximum atomic E-state index is 13.3. The Labute approximate surface area is 232 Å². The van der Waals surface area contributed by atoms with E-state index in [0.717, 1.165) is 58.3 Å². The lowest BCUT2D eigenvalue weighted by atomic mass is 9.87. The first-order valence-corrected chi connectivity index (χ1v) is 13.8. The molecule has 2 aliphatic rings. The van der Waals surface area contributed by atoms with Crippen LogP contribution in [0.4, 0.5) is 18.9 Å². The van der Waals surface area contributed by atoms with Gasteiger partial charge in [-0.3, -0.25) is 14.7 Å². The summed E-state index contributed by atoms with van der Waals surface area (Å²) < 4.78 is 39.2. The van der Waals surface area contributed by atoms with Crippen LogP contribution in [0.5, 0.6) is 0 Å². The number of pyridine rings is 1. The molecule has 5 nitrogen and oxygen atoms in total. The molecule has 4 rings (SSSR count). The molecular weight excluding hydrogens is 501 g/mol. The van der Waals surface area contributed by atoms with Crippen LogP contribution in [0.1, 0.15) is 64.7 Å². The maximum Gasteiger partial charge on any atom is 0.417 e. The number of nitrogens with zero attached hydrogens (tertiary/aromatic N) is 4. The van der Waals surface area contributed by atoms with Crippen LogP contribution in [0.25, 0.3) is 0 Å². The van der Waals surface area contributed by atoms with E-state index < -0.39 is 11.7 Å². The molecule has 0 aliphatic carbocycles. The van der Waals surface area contributed by atoms with Crippen molar-refractivity contribution in [2.24, 2.45) is 11.8 Å². The Hall–Kier alpha value is -2.61. The molecule has 2 atom stereocenters. The van der Waals surface area contributed by atoms with Gasteiger partial charge in [0.15, 0.2) is 0 Å². The highest BCUT2D eigenvalue weighted by molar-refractivity contribution is 5.78. The van der Waals surface area contributed by atoms with Crippen LogP contribution < -0.4 is 4.90 Å². The van der Waals surface area contributed by atoms with Crippen molar-refractivity contribution in [1.82, 2.24) is 14.8 Å². The summed E-state index contributed by atoms with van der Waals surface area (Å²) in [7, 11) is 0. The molecule has 2 aromatic rings. The number of amides is 1. The SMILES string of the molecule is C.CC(CN1CCN(c2ccc(C(C)(C)C)cc2)CC1)C(=O)N1CCC[C@H](Cc2cncc(C(F)(F)F)c2)C1. The Kier molecular flexibility index (Phi) is 10.1. The number of hydrogen-bond acceptors (Lipinski definition) is 4. The fourth-order valence-electron chi connectivity index (χ4n) is 5.66. The average Bonchev–Trinajstić information content (AvgIpc) is 2.88. The fraction of sp³-hybridized carbons (Fsp3) is 0.613. The monoisotopic (exact) mass is 546 g/mol. The predicted molar refractivity (Wildman–Crippen MR) is 152 cm³/mol. The summed E-state index contributed by atoms with van der Waals surface area (Å²) in [4.78, 5) is 23.8. The van der Waals surface area contributed by atoms with E-state index in [1.807, 2.05) is 11.8 Å². The third-order valence-electron chi connectivity index (χ3n) is 7.90. The number of hydrogen-bond donors (Lipinski definition) is 0. The topological polar surface area (TPSA) is 39.7 Å². The number of alkyl halides is 3. The number of rotatable bonds is 6. The van der Waals surface area contributed by atoms with Crippen LogP contribution in [0.2, 0.25) is 0 Å². The Balaban J connectivity index is 0.00000420. The van der Waals surface area contributed by atoms with Gasteiger partial charge in [-0.2, -0.15) is 13.2 Å². The van der Waals surface area contributed by atoms with Gasteiger partial charge in [0.05, 0.1) is 5.56 Å². The minimum absolute atomic E-state index is 0. The summed E-state index contributed by atoms with van der Waals surface area (Å²) in [5.41, 5.74) is 2.59. The summed E-state index contributed by atoms with van der Waals surface area (Å²) in [6.45, 7) is 14.4. The van der Waals surface area contributed by atoms with Gasteiger partial charge >= 0.3 is 6.18 Å². The van der Waals surface area contributed by atoms with Crippen LogP contribution in [0.15, 0.2) is 42.7 Å². The normalized spacial score (nSPS) is 19.9. The smallest absolute Gasteiger partial charge is 0.369 e. The van der Waals surface area contributed by atoms with Gasteiger partial charge < -0.3 is 9.80 Å². The molecule has 1 aromatic carbocycles. The second-order valence-electron chi connectivity index (χ2n) is 12.1. The van der Waals surface area contributed by atoms with Gasteiger partial charge in [-0.1, -0.05) is 47.3 Å². The second kappa shape index (κ2) is 12.7. The first kappa shape index (κ1) is 30.9. The van der Waals surface area contributed by atoms with Crippen molar-refractivity contribution in [2.45, 2.75) is 66.0 Å². The number of aromatic nitrogens is 1. The zero-order valence-electron chi connectivity index (χ0n) is 23.1. The molecule has 8 heteroatoms. The molecule has 39 heavy (non-hydrogen) atoms. The molecule has 0 bridgehead atoms. The number of piperidine rings is 1. The number of halogens is 3. The highest BCUT2D eigenvalue weighted by Crippen LogP contribution is 2.30. The van der Waals surface area contributed by atoms with E-state index in [0.29, 0.717) is 18.5 Å². The Bertz CT molecular complexity index is 1070. The van der Waals surface area contributed by atoms with Crippen LogP contribution in [0.3, 0.4) is 0 Å². The third kappa shape index (κ3) is 8.19. The summed E-state index contributed by atoms with van der Waals surface area (Å²) in [5, 5.41) is 0. The second-order valence-corrected chi connectivity index (χ2v) is 12.1. The molecule has 3 heterocycles. The molecule has 2 saturated heterocycles.